The van der Waals surface area contributed by atoms with E-state index in [-0.39, 0.29) is 26.2 Å². The Bertz CT molecular complexity index is 121. The summed E-state index contributed by atoms with van der Waals surface area (Å²) in [6, 6.07) is 0. The van der Waals surface area contributed by atoms with Crippen LogP contribution < -0.4 is 0 Å². The number of hydrogen-bond acceptors (Lipinski definition) is 5. The fourth-order valence-corrected chi connectivity index (χ4v) is 0.600. The van der Waals surface area contributed by atoms with Gasteiger partial charge in [-0.15, -0.1) is 0 Å². The van der Waals surface area contributed by atoms with E-state index in [1.807, 2.05) is 0 Å². The fraction of sp³-hybridized carbons (Fsp3) is 0.857. The van der Waals surface area contributed by atoms with Gasteiger partial charge in [0.2, 0.25) is 0 Å². The molecule has 0 bridgehead atoms. The van der Waals surface area contributed by atoms with Gasteiger partial charge in [0.1, 0.15) is 6.10 Å². The minimum Gasteiger partial charge on any atom is -0.457 e. The minimum atomic E-state index is -0.837. The standard InChI is InChI=1S/C7H14O5/c8-3-1-2-7(11)12-6(4-9)5-10/h6,8-10H,1-5H2. The molecule has 0 aliphatic rings. The monoisotopic (exact) mass is 178 g/mol. The highest BCUT2D eigenvalue weighted by Gasteiger charge is 2.11. The van der Waals surface area contributed by atoms with Crippen LogP contribution in [0.3, 0.4) is 0 Å². The average Bonchev–Trinajstić information content (AvgIpc) is 2.10. The SMILES string of the molecule is O=C(CCCO)OC(CO)CO. The molecule has 0 atom stereocenters. The molecule has 0 spiro atoms. The van der Waals surface area contributed by atoms with Crippen molar-refractivity contribution in [3.8, 4) is 0 Å². The molecular weight excluding hydrogens is 164 g/mol. The summed E-state index contributed by atoms with van der Waals surface area (Å²) in [4.78, 5) is 10.8. The van der Waals surface area contributed by atoms with E-state index in [1.54, 1.807) is 0 Å². The van der Waals surface area contributed by atoms with E-state index in [1.165, 1.54) is 0 Å². The lowest BCUT2D eigenvalue weighted by Gasteiger charge is -2.11. The number of carbonyl (C=O) groups is 1. The maximum absolute atomic E-state index is 10.8. The Morgan fingerprint density at radius 3 is 2.25 bits per heavy atom. The lowest BCUT2D eigenvalue weighted by atomic mass is 10.3. The summed E-state index contributed by atoms with van der Waals surface area (Å²) < 4.78 is 4.60. The molecule has 0 unspecified atom stereocenters. The molecule has 0 radical (unpaired) electrons. The average molecular weight is 178 g/mol. The van der Waals surface area contributed by atoms with Crippen molar-refractivity contribution < 1.29 is 24.9 Å². The first kappa shape index (κ1) is 11.4. The second-order valence-corrected chi connectivity index (χ2v) is 2.30. The van der Waals surface area contributed by atoms with Crippen LogP contribution in [0.15, 0.2) is 0 Å². The normalized spacial score (nSPS) is 10.3. The topological polar surface area (TPSA) is 87.0 Å². The van der Waals surface area contributed by atoms with Crippen molar-refractivity contribution >= 4 is 5.97 Å². The molecular formula is C7H14O5. The highest BCUT2D eigenvalue weighted by atomic mass is 16.6. The van der Waals surface area contributed by atoms with E-state index in [0.717, 1.165) is 0 Å². The van der Waals surface area contributed by atoms with Crippen molar-refractivity contribution in [2.24, 2.45) is 0 Å². The van der Waals surface area contributed by atoms with Crippen molar-refractivity contribution in [2.75, 3.05) is 19.8 Å². The molecule has 0 aromatic rings. The van der Waals surface area contributed by atoms with Crippen molar-refractivity contribution in [1.29, 1.82) is 0 Å². The van der Waals surface area contributed by atoms with Crippen LogP contribution in [0.4, 0.5) is 0 Å². The van der Waals surface area contributed by atoms with Crippen LogP contribution >= 0.6 is 0 Å². The maximum Gasteiger partial charge on any atom is 0.306 e. The number of hydrogen-bond donors (Lipinski definition) is 3. The molecule has 12 heavy (non-hydrogen) atoms. The van der Waals surface area contributed by atoms with Crippen molar-refractivity contribution in [3.63, 3.8) is 0 Å². The molecule has 0 aliphatic heterocycles. The van der Waals surface area contributed by atoms with Crippen LogP contribution in [0.25, 0.3) is 0 Å². The summed E-state index contributed by atoms with van der Waals surface area (Å²) in [7, 11) is 0. The number of rotatable bonds is 6. The van der Waals surface area contributed by atoms with Gasteiger partial charge in [-0.3, -0.25) is 4.79 Å². The number of carbonyl (C=O) groups excluding carboxylic acids is 1. The smallest absolute Gasteiger partial charge is 0.306 e. The van der Waals surface area contributed by atoms with Gasteiger partial charge >= 0.3 is 5.97 Å². The molecule has 3 N–H and O–H groups in total. The Morgan fingerprint density at radius 2 is 1.83 bits per heavy atom. The summed E-state index contributed by atoms with van der Waals surface area (Å²) >= 11 is 0. The van der Waals surface area contributed by atoms with Gasteiger partial charge in [-0.25, -0.2) is 0 Å². The van der Waals surface area contributed by atoms with Crippen molar-refractivity contribution in [1.82, 2.24) is 0 Å². The predicted molar refractivity (Wildman–Crippen MR) is 40.4 cm³/mol. The molecule has 0 aromatic carbocycles. The zero-order valence-corrected chi connectivity index (χ0v) is 6.77. The molecule has 0 aliphatic carbocycles. The van der Waals surface area contributed by atoms with E-state index < -0.39 is 12.1 Å². The summed E-state index contributed by atoms with van der Waals surface area (Å²) in [6.45, 7) is -0.846. The van der Waals surface area contributed by atoms with E-state index in [4.69, 9.17) is 15.3 Å². The van der Waals surface area contributed by atoms with Gasteiger partial charge in [0.15, 0.2) is 0 Å². The largest absolute Gasteiger partial charge is 0.457 e. The first-order chi connectivity index (χ1) is 5.74. The van der Waals surface area contributed by atoms with Crippen LogP contribution in [-0.2, 0) is 9.53 Å². The predicted octanol–water partition coefficient (Wildman–Crippen LogP) is -1.34. The highest BCUT2D eigenvalue weighted by molar-refractivity contribution is 5.69. The lowest BCUT2D eigenvalue weighted by Crippen LogP contribution is -2.25. The van der Waals surface area contributed by atoms with Gasteiger partial charge in [-0.05, 0) is 6.42 Å². The Balaban J connectivity index is 3.52. The number of aliphatic hydroxyl groups excluding tert-OH is 3. The molecule has 72 valence electrons. The van der Waals surface area contributed by atoms with Crippen LogP contribution in [0, 0.1) is 0 Å². The zero-order valence-electron chi connectivity index (χ0n) is 6.77. The number of aliphatic hydroxyl groups is 3. The minimum absolute atomic E-state index is 0.0714. The van der Waals surface area contributed by atoms with Crippen LogP contribution in [0.1, 0.15) is 12.8 Å². The van der Waals surface area contributed by atoms with Crippen molar-refractivity contribution in [2.45, 2.75) is 18.9 Å². The van der Waals surface area contributed by atoms with Gasteiger partial charge in [-0.2, -0.15) is 0 Å². The molecule has 0 aromatic heterocycles. The second kappa shape index (κ2) is 7.02. The van der Waals surface area contributed by atoms with E-state index >= 15 is 0 Å². The lowest BCUT2D eigenvalue weighted by molar-refractivity contribution is -0.153. The molecule has 0 rings (SSSR count). The zero-order chi connectivity index (χ0) is 9.40. The molecule has 5 heteroatoms. The second-order valence-electron chi connectivity index (χ2n) is 2.30. The third-order valence-electron chi connectivity index (χ3n) is 1.24. The highest BCUT2D eigenvalue weighted by Crippen LogP contribution is 1.96. The first-order valence-electron chi connectivity index (χ1n) is 3.76. The molecule has 0 fully saturated rings. The third kappa shape index (κ3) is 5.06. The van der Waals surface area contributed by atoms with Gasteiger partial charge in [0, 0.05) is 13.0 Å². The van der Waals surface area contributed by atoms with Crippen LogP contribution in [0.2, 0.25) is 0 Å². The molecule has 0 saturated heterocycles. The van der Waals surface area contributed by atoms with Crippen LogP contribution in [-0.4, -0.2) is 47.2 Å². The van der Waals surface area contributed by atoms with Crippen LogP contribution in [0.5, 0.6) is 0 Å². The third-order valence-corrected chi connectivity index (χ3v) is 1.24. The Labute approximate surface area is 70.6 Å². The fourth-order valence-electron chi connectivity index (χ4n) is 0.600. The van der Waals surface area contributed by atoms with Gasteiger partial charge < -0.3 is 20.1 Å². The van der Waals surface area contributed by atoms with Gasteiger partial charge in [0.05, 0.1) is 13.2 Å². The Kier molecular flexibility index (Phi) is 6.64. The summed E-state index contributed by atoms with van der Waals surface area (Å²) in [5.41, 5.74) is 0. The Morgan fingerprint density at radius 1 is 1.25 bits per heavy atom. The maximum atomic E-state index is 10.8. The summed E-state index contributed by atoms with van der Waals surface area (Å²) in [5, 5.41) is 25.4. The van der Waals surface area contributed by atoms with Gasteiger partial charge in [0.25, 0.3) is 0 Å². The number of esters is 1. The van der Waals surface area contributed by atoms with E-state index in [0.29, 0.717) is 6.42 Å². The molecule has 0 saturated carbocycles. The summed E-state index contributed by atoms with van der Waals surface area (Å²) in [6.07, 6.45) is -0.397. The van der Waals surface area contributed by atoms with E-state index in [2.05, 4.69) is 4.74 Å². The van der Waals surface area contributed by atoms with Gasteiger partial charge in [-0.1, -0.05) is 0 Å². The number of ether oxygens (including phenoxy) is 1. The molecule has 0 amide bonds. The quantitative estimate of drug-likeness (QED) is 0.438. The summed E-state index contributed by atoms with van der Waals surface area (Å²) in [5.74, 6) is -0.517. The Hall–Kier alpha value is -0.650. The first-order valence-corrected chi connectivity index (χ1v) is 3.76. The van der Waals surface area contributed by atoms with E-state index in [9.17, 15) is 4.79 Å². The van der Waals surface area contributed by atoms with Crippen molar-refractivity contribution in [3.05, 3.63) is 0 Å². The molecule has 0 heterocycles. The molecule has 5 nitrogen and oxygen atoms in total.